The highest BCUT2D eigenvalue weighted by Crippen LogP contribution is 2.32. The summed E-state index contributed by atoms with van der Waals surface area (Å²) >= 11 is 5.96. The maximum absolute atomic E-state index is 12.7. The minimum Gasteiger partial charge on any atom is -0.477 e. The maximum Gasteiger partial charge on any atom is 0.352 e. The largest absolute Gasteiger partial charge is 0.477 e. The molecular formula is C20H15ClN4O3. The van der Waals surface area contributed by atoms with Crippen molar-refractivity contribution >= 4 is 35.0 Å². The molecule has 0 fully saturated rings. The first-order valence-corrected chi connectivity index (χ1v) is 8.82. The summed E-state index contributed by atoms with van der Waals surface area (Å²) in [6, 6.07) is 15.5. The lowest BCUT2D eigenvalue weighted by Crippen LogP contribution is -2.25. The second-order valence-corrected chi connectivity index (χ2v) is 6.61. The van der Waals surface area contributed by atoms with Crippen LogP contribution in [0.15, 0.2) is 72.6 Å². The van der Waals surface area contributed by atoms with Crippen molar-refractivity contribution in [1.29, 1.82) is 0 Å². The van der Waals surface area contributed by atoms with Crippen molar-refractivity contribution in [3.05, 3.63) is 88.7 Å². The Kier molecular flexibility index (Phi) is 4.58. The molecule has 0 radical (unpaired) electrons. The lowest BCUT2D eigenvalue weighted by Gasteiger charge is -2.24. The molecule has 0 saturated carbocycles. The zero-order valence-corrected chi connectivity index (χ0v) is 15.2. The first-order valence-electron chi connectivity index (χ1n) is 8.44. The molecule has 1 aliphatic heterocycles. The number of aliphatic carboxylic acids is 1. The Bertz CT molecular complexity index is 1070. The number of para-hydroxylation sites is 1. The molecule has 3 aromatic rings. The number of carbonyl (C=O) groups excluding carboxylic acids is 1. The molecule has 4 rings (SSSR count). The summed E-state index contributed by atoms with van der Waals surface area (Å²) < 4.78 is 1.58. The van der Waals surface area contributed by atoms with Gasteiger partial charge in [-0.05, 0) is 35.9 Å². The first kappa shape index (κ1) is 17.8. The van der Waals surface area contributed by atoms with Gasteiger partial charge in [0.25, 0.3) is 5.91 Å². The lowest BCUT2D eigenvalue weighted by molar-refractivity contribution is -0.132. The minimum atomic E-state index is -1.12. The van der Waals surface area contributed by atoms with Crippen molar-refractivity contribution in [1.82, 2.24) is 9.78 Å². The SMILES string of the molecule is O=C(O)C1=C[C@@H](c2ccc(Cl)cc2)n2ncc(C(=O)Nc3ccccc3)c2N1. The van der Waals surface area contributed by atoms with Crippen molar-refractivity contribution in [2.24, 2.45) is 0 Å². The molecule has 1 amide bonds. The minimum absolute atomic E-state index is 0.0262. The van der Waals surface area contributed by atoms with Crippen LogP contribution in [0.2, 0.25) is 5.02 Å². The van der Waals surface area contributed by atoms with Crippen molar-refractivity contribution in [3.63, 3.8) is 0 Å². The number of carbonyl (C=O) groups is 2. The highest BCUT2D eigenvalue weighted by Gasteiger charge is 2.29. The van der Waals surface area contributed by atoms with Gasteiger partial charge in [0.15, 0.2) is 0 Å². The molecule has 0 spiro atoms. The number of aromatic nitrogens is 2. The van der Waals surface area contributed by atoms with Gasteiger partial charge in [0.05, 0.1) is 12.2 Å². The number of halogens is 1. The Hall–Kier alpha value is -3.58. The van der Waals surface area contributed by atoms with Crippen LogP contribution in [0.1, 0.15) is 22.0 Å². The van der Waals surface area contributed by atoms with Crippen LogP contribution >= 0.6 is 11.6 Å². The van der Waals surface area contributed by atoms with E-state index in [0.717, 1.165) is 5.56 Å². The second-order valence-electron chi connectivity index (χ2n) is 6.18. The number of nitrogens with zero attached hydrogens (tertiary/aromatic N) is 2. The summed E-state index contributed by atoms with van der Waals surface area (Å²) in [5.41, 5.74) is 1.65. The van der Waals surface area contributed by atoms with Gasteiger partial charge in [-0.25, -0.2) is 9.48 Å². The molecule has 8 heteroatoms. The van der Waals surface area contributed by atoms with Crippen LogP contribution in [0, 0.1) is 0 Å². The number of carboxylic acid groups (broad SMARTS) is 1. The van der Waals surface area contributed by atoms with Gasteiger partial charge in [-0.15, -0.1) is 0 Å². The monoisotopic (exact) mass is 394 g/mol. The number of fused-ring (bicyclic) bond motifs is 1. The van der Waals surface area contributed by atoms with Crippen LogP contribution in [0.4, 0.5) is 11.5 Å². The van der Waals surface area contributed by atoms with Gasteiger partial charge < -0.3 is 15.7 Å². The fourth-order valence-electron chi connectivity index (χ4n) is 3.00. The van der Waals surface area contributed by atoms with E-state index in [0.29, 0.717) is 16.5 Å². The molecule has 0 bridgehead atoms. The Morgan fingerprint density at radius 2 is 1.82 bits per heavy atom. The summed E-state index contributed by atoms with van der Waals surface area (Å²) in [6.45, 7) is 0. The van der Waals surface area contributed by atoms with Gasteiger partial charge in [0.1, 0.15) is 17.1 Å². The van der Waals surface area contributed by atoms with E-state index in [4.69, 9.17) is 11.6 Å². The van der Waals surface area contributed by atoms with Crippen molar-refractivity contribution < 1.29 is 14.7 Å². The fraction of sp³-hybridized carbons (Fsp3) is 0.0500. The van der Waals surface area contributed by atoms with Gasteiger partial charge in [-0.3, -0.25) is 4.79 Å². The molecule has 1 aliphatic rings. The van der Waals surface area contributed by atoms with Gasteiger partial charge in [0, 0.05) is 10.7 Å². The number of allylic oxidation sites excluding steroid dienone is 1. The van der Waals surface area contributed by atoms with Crippen molar-refractivity contribution in [3.8, 4) is 0 Å². The molecule has 0 aliphatic carbocycles. The van der Waals surface area contributed by atoms with E-state index in [2.05, 4.69) is 15.7 Å². The van der Waals surface area contributed by atoms with E-state index < -0.39 is 12.0 Å². The molecule has 1 aromatic heterocycles. The van der Waals surface area contributed by atoms with Crippen LogP contribution < -0.4 is 10.6 Å². The number of rotatable bonds is 4. The fourth-order valence-corrected chi connectivity index (χ4v) is 3.13. The van der Waals surface area contributed by atoms with Crippen molar-refractivity contribution in [2.45, 2.75) is 6.04 Å². The van der Waals surface area contributed by atoms with E-state index >= 15 is 0 Å². The quantitative estimate of drug-likeness (QED) is 0.626. The molecule has 0 saturated heterocycles. The van der Waals surface area contributed by atoms with E-state index in [1.54, 1.807) is 47.2 Å². The first-order chi connectivity index (χ1) is 13.5. The summed E-state index contributed by atoms with van der Waals surface area (Å²) in [6.07, 6.45) is 2.96. The molecule has 7 nitrogen and oxygen atoms in total. The summed E-state index contributed by atoms with van der Waals surface area (Å²) in [5, 5.41) is 20.0. The molecule has 3 N–H and O–H groups in total. The van der Waals surface area contributed by atoms with Crippen LogP contribution in [0.25, 0.3) is 0 Å². The molecule has 0 unspecified atom stereocenters. The van der Waals surface area contributed by atoms with Crippen LogP contribution in [-0.4, -0.2) is 26.8 Å². The highest BCUT2D eigenvalue weighted by molar-refractivity contribution is 6.30. The van der Waals surface area contributed by atoms with E-state index in [9.17, 15) is 14.7 Å². The molecule has 2 aromatic carbocycles. The summed E-state index contributed by atoms with van der Waals surface area (Å²) in [4.78, 5) is 24.3. The third kappa shape index (κ3) is 3.35. The predicted octanol–water partition coefficient (Wildman–Crippen LogP) is 3.77. The average molecular weight is 395 g/mol. The molecular weight excluding hydrogens is 380 g/mol. The van der Waals surface area contributed by atoms with E-state index in [1.807, 2.05) is 18.2 Å². The summed E-state index contributed by atoms with van der Waals surface area (Å²) in [5.74, 6) is -1.20. The van der Waals surface area contributed by atoms with E-state index in [-0.39, 0.29) is 17.2 Å². The number of amides is 1. The van der Waals surface area contributed by atoms with Crippen molar-refractivity contribution in [2.75, 3.05) is 10.6 Å². The third-order valence-electron chi connectivity index (χ3n) is 4.35. The number of nitrogens with one attached hydrogen (secondary N) is 2. The lowest BCUT2D eigenvalue weighted by atomic mass is 10.0. The molecule has 28 heavy (non-hydrogen) atoms. The smallest absolute Gasteiger partial charge is 0.352 e. The van der Waals surface area contributed by atoms with Gasteiger partial charge in [-0.1, -0.05) is 41.9 Å². The normalized spacial score (nSPS) is 15.2. The molecule has 1 atom stereocenters. The predicted molar refractivity (Wildman–Crippen MR) is 106 cm³/mol. The Morgan fingerprint density at radius 3 is 2.50 bits per heavy atom. The third-order valence-corrected chi connectivity index (χ3v) is 4.61. The number of anilines is 2. The standard InChI is InChI=1S/C20H15ClN4O3/c21-13-8-6-12(7-9-13)17-10-16(20(27)28)24-18-15(11-22-25(17)18)19(26)23-14-4-2-1-3-5-14/h1-11,17,24H,(H,23,26)(H,27,28)/t17-/m0/s1. The Labute approximate surface area is 165 Å². The Balaban J connectivity index is 1.73. The zero-order chi connectivity index (χ0) is 19.7. The number of hydrogen-bond acceptors (Lipinski definition) is 4. The average Bonchev–Trinajstić information content (AvgIpc) is 3.13. The van der Waals surface area contributed by atoms with Gasteiger partial charge >= 0.3 is 5.97 Å². The van der Waals surface area contributed by atoms with Gasteiger partial charge in [0.2, 0.25) is 0 Å². The second kappa shape index (κ2) is 7.21. The molecule has 2 heterocycles. The maximum atomic E-state index is 12.7. The number of hydrogen-bond donors (Lipinski definition) is 3. The number of benzene rings is 2. The number of carboxylic acids is 1. The highest BCUT2D eigenvalue weighted by atomic mass is 35.5. The van der Waals surface area contributed by atoms with Crippen LogP contribution in [0.3, 0.4) is 0 Å². The van der Waals surface area contributed by atoms with Crippen LogP contribution in [-0.2, 0) is 4.79 Å². The molecule has 140 valence electrons. The zero-order valence-electron chi connectivity index (χ0n) is 14.5. The Morgan fingerprint density at radius 1 is 1.11 bits per heavy atom. The van der Waals surface area contributed by atoms with Gasteiger partial charge in [-0.2, -0.15) is 5.10 Å². The van der Waals surface area contributed by atoms with E-state index in [1.165, 1.54) is 6.20 Å². The topological polar surface area (TPSA) is 96.2 Å². The van der Waals surface area contributed by atoms with Crippen LogP contribution in [0.5, 0.6) is 0 Å². The summed E-state index contributed by atoms with van der Waals surface area (Å²) in [7, 11) is 0.